The van der Waals surface area contributed by atoms with Crippen LogP contribution in [0.25, 0.3) is 0 Å². The van der Waals surface area contributed by atoms with Gasteiger partial charge in [-0.3, -0.25) is 0 Å². The maximum absolute atomic E-state index is 5.51. The van der Waals surface area contributed by atoms with Gasteiger partial charge in [-0.1, -0.05) is 58.3 Å². The van der Waals surface area contributed by atoms with Crippen LogP contribution in [0.4, 0.5) is 5.69 Å². The van der Waals surface area contributed by atoms with Crippen LogP contribution in [0.3, 0.4) is 0 Å². The lowest BCUT2D eigenvalue weighted by Crippen LogP contribution is -2.25. The van der Waals surface area contributed by atoms with Crippen LogP contribution in [0, 0.1) is 0 Å². The van der Waals surface area contributed by atoms with Crippen LogP contribution in [0.1, 0.15) is 71.6 Å². The van der Waals surface area contributed by atoms with Crippen molar-refractivity contribution >= 4 is 5.69 Å². The molecule has 1 aromatic rings. The lowest BCUT2D eigenvalue weighted by atomic mass is 10.1. The minimum atomic E-state index is 0.718. The first-order chi connectivity index (χ1) is 12.3. The van der Waals surface area contributed by atoms with Crippen molar-refractivity contribution in [2.45, 2.75) is 71.6 Å². The largest absolute Gasteiger partial charge is 0.494 e. The average Bonchev–Trinajstić information content (AvgIpc) is 3.10. The van der Waals surface area contributed by atoms with Gasteiger partial charge in [0.1, 0.15) is 5.75 Å². The first-order valence-electron chi connectivity index (χ1n) is 10.3. The molecule has 140 valence electrons. The second-order valence-electron chi connectivity index (χ2n) is 6.98. The van der Waals surface area contributed by atoms with Gasteiger partial charge in [0.15, 0.2) is 0 Å². The maximum atomic E-state index is 5.51. The van der Waals surface area contributed by atoms with Gasteiger partial charge < -0.3 is 14.5 Å². The molecular formula is C22H36N2O. The van der Waals surface area contributed by atoms with Gasteiger partial charge in [-0.05, 0) is 37.6 Å². The van der Waals surface area contributed by atoms with Crippen molar-refractivity contribution in [3.8, 4) is 5.75 Å². The summed E-state index contributed by atoms with van der Waals surface area (Å²) in [6, 6.07) is 8.38. The summed E-state index contributed by atoms with van der Waals surface area (Å²) in [6.07, 6.45) is 16.9. The van der Waals surface area contributed by atoms with Gasteiger partial charge >= 0.3 is 0 Å². The number of ether oxygens (including phenoxy) is 1. The Morgan fingerprint density at radius 1 is 0.800 bits per heavy atom. The van der Waals surface area contributed by atoms with E-state index in [1.165, 1.54) is 70.0 Å². The molecule has 2 rings (SSSR count). The van der Waals surface area contributed by atoms with Crippen molar-refractivity contribution < 1.29 is 4.74 Å². The standard InChI is InChI=1S/C22H36N2O/c1-3-5-6-7-8-9-10-11-12-17-23-18-19-24(20-23)21-13-15-22(16-14-21)25-4-2/h13-16,18-19H,3-12,17,20H2,1-2H3. The van der Waals surface area contributed by atoms with Crippen molar-refractivity contribution in [1.82, 2.24) is 4.90 Å². The molecule has 0 saturated carbocycles. The molecule has 0 bridgehead atoms. The van der Waals surface area contributed by atoms with Crippen LogP contribution in [0.15, 0.2) is 36.7 Å². The van der Waals surface area contributed by atoms with Crippen molar-refractivity contribution in [3.05, 3.63) is 36.7 Å². The van der Waals surface area contributed by atoms with Gasteiger partial charge in [0.25, 0.3) is 0 Å². The van der Waals surface area contributed by atoms with Gasteiger partial charge in [-0.15, -0.1) is 0 Å². The molecule has 1 aromatic carbocycles. The number of hydrogen-bond acceptors (Lipinski definition) is 3. The number of unbranched alkanes of at least 4 members (excludes halogenated alkanes) is 8. The Morgan fingerprint density at radius 2 is 1.44 bits per heavy atom. The number of benzene rings is 1. The van der Waals surface area contributed by atoms with Gasteiger partial charge in [0.2, 0.25) is 0 Å². The van der Waals surface area contributed by atoms with Crippen LogP contribution in [-0.4, -0.2) is 24.7 Å². The molecule has 0 N–H and O–H groups in total. The second kappa shape index (κ2) is 11.8. The zero-order valence-corrected chi connectivity index (χ0v) is 16.3. The van der Waals surface area contributed by atoms with Crippen LogP contribution in [-0.2, 0) is 0 Å². The summed E-state index contributed by atoms with van der Waals surface area (Å²) < 4.78 is 5.51. The number of rotatable bonds is 13. The Balaban J connectivity index is 1.55. The molecule has 0 fully saturated rings. The summed E-state index contributed by atoms with van der Waals surface area (Å²) in [7, 11) is 0. The molecule has 0 aliphatic carbocycles. The van der Waals surface area contributed by atoms with E-state index in [2.05, 4.69) is 53.4 Å². The van der Waals surface area contributed by atoms with E-state index >= 15 is 0 Å². The first kappa shape index (κ1) is 19.7. The molecule has 3 nitrogen and oxygen atoms in total. The molecule has 1 aliphatic rings. The predicted molar refractivity (Wildman–Crippen MR) is 108 cm³/mol. The average molecular weight is 345 g/mol. The molecule has 0 saturated heterocycles. The molecule has 0 atom stereocenters. The summed E-state index contributed by atoms with van der Waals surface area (Å²) in [6.45, 7) is 7.14. The van der Waals surface area contributed by atoms with E-state index in [1.807, 2.05) is 6.92 Å². The molecule has 3 heteroatoms. The highest BCUT2D eigenvalue weighted by molar-refractivity contribution is 5.52. The minimum absolute atomic E-state index is 0.718. The number of nitrogens with zero attached hydrogens (tertiary/aromatic N) is 2. The number of anilines is 1. The Morgan fingerprint density at radius 3 is 2.08 bits per heavy atom. The fourth-order valence-corrected chi connectivity index (χ4v) is 3.30. The molecule has 25 heavy (non-hydrogen) atoms. The zero-order chi connectivity index (χ0) is 17.7. The van der Waals surface area contributed by atoms with Crippen LogP contribution in [0.5, 0.6) is 5.75 Å². The summed E-state index contributed by atoms with van der Waals surface area (Å²) in [5.41, 5.74) is 1.23. The highest BCUT2D eigenvalue weighted by atomic mass is 16.5. The lowest BCUT2D eigenvalue weighted by Gasteiger charge is -2.21. The smallest absolute Gasteiger partial charge is 0.119 e. The third-order valence-electron chi connectivity index (χ3n) is 4.82. The van der Waals surface area contributed by atoms with E-state index in [0.717, 1.165) is 19.0 Å². The van der Waals surface area contributed by atoms with Gasteiger partial charge in [0.05, 0.1) is 13.3 Å². The zero-order valence-electron chi connectivity index (χ0n) is 16.3. The van der Waals surface area contributed by atoms with E-state index in [4.69, 9.17) is 4.74 Å². The second-order valence-corrected chi connectivity index (χ2v) is 6.98. The van der Waals surface area contributed by atoms with E-state index < -0.39 is 0 Å². The first-order valence-corrected chi connectivity index (χ1v) is 10.3. The predicted octanol–water partition coefficient (Wildman–Crippen LogP) is 6.17. The molecule has 0 aromatic heterocycles. The third kappa shape index (κ3) is 7.41. The Labute approximate surface area is 154 Å². The van der Waals surface area contributed by atoms with E-state index in [1.54, 1.807) is 0 Å². The van der Waals surface area contributed by atoms with E-state index in [0.29, 0.717) is 0 Å². The fourth-order valence-electron chi connectivity index (χ4n) is 3.30. The van der Waals surface area contributed by atoms with Gasteiger partial charge in [-0.25, -0.2) is 0 Å². The van der Waals surface area contributed by atoms with Crippen LogP contribution >= 0.6 is 0 Å². The van der Waals surface area contributed by atoms with E-state index in [9.17, 15) is 0 Å². The lowest BCUT2D eigenvalue weighted by molar-refractivity contribution is 0.340. The molecule has 1 aliphatic heterocycles. The Kier molecular flexibility index (Phi) is 9.32. The monoisotopic (exact) mass is 344 g/mol. The molecule has 1 heterocycles. The van der Waals surface area contributed by atoms with Crippen molar-refractivity contribution in [3.63, 3.8) is 0 Å². The molecule has 0 amide bonds. The molecular weight excluding hydrogens is 308 g/mol. The third-order valence-corrected chi connectivity index (χ3v) is 4.82. The van der Waals surface area contributed by atoms with Crippen molar-refractivity contribution in [1.29, 1.82) is 0 Å². The highest BCUT2D eigenvalue weighted by Gasteiger charge is 2.13. The quantitative estimate of drug-likeness (QED) is 0.398. The van der Waals surface area contributed by atoms with Gasteiger partial charge in [0, 0.05) is 24.6 Å². The van der Waals surface area contributed by atoms with Gasteiger partial charge in [-0.2, -0.15) is 0 Å². The summed E-state index contributed by atoms with van der Waals surface area (Å²) in [5.74, 6) is 0.945. The van der Waals surface area contributed by atoms with Crippen LogP contribution < -0.4 is 9.64 Å². The summed E-state index contributed by atoms with van der Waals surface area (Å²) in [5, 5.41) is 0. The Hall–Kier alpha value is -1.64. The van der Waals surface area contributed by atoms with Crippen molar-refractivity contribution in [2.24, 2.45) is 0 Å². The fraction of sp³-hybridized carbons (Fsp3) is 0.636. The topological polar surface area (TPSA) is 15.7 Å². The minimum Gasteiger partial charge on any atom is -0.494 e. The SMILES string of the molecule is CCCCCCCCCCCN1C=CN(c2ccc(OCC)cc2)C1. The van der Waals surface area contributed by atoms with Crippen molar-refractivity contribution in [2.75, 3.05) is 24.7 Å². The van der Waals surface area contributed by atoms with Crippen LogP contribution in [0.2, 0.25) is 0 Å². The summed E-state index contributed by atoms with van der Waals surface area (Å²) in [4.78, 5) is 4.71. The maximum Gasteiger partial charge on any atom is 0.119 e. The summed E-state index contributed by atoms with van der Waals surface area (Å²) >= 11 is 0. The highest BCUT2D eigenvalue weighted by Crippen LogP contribution is 2.23. The molecule has 0 radical (unpaired) electrons. The number of hydrogen-bond donors (Lipinski definition) is 0. The Bertz CT molecular complexity index is 483. The molecule has 0 unspecified atom stereocenters. The van der Waals surface area contributed by atoms with E-state index in [-0.39, 0.29) is 0 Å². The molecule has 0 spiro atoms. The normalized spacial score (nSPS) is 13.7.